The maximum Gasteiger partial charge on any atom is 0.00176 e. The van der Waals surface area contributed by atoms with Gasteiger partial charge in [-0.05, 0) is 24.1 Å². The minimum atomic E-state index is -0.0231. The molecule has 0 spiro atoms. The predicted octanol–water partition coefficient (Wildman–Crippen LogP) is 1.93. The largest absolute Gasteiger partial charge is 0.436 e. The molecule has 0 unspecified atom stereocenters. The first-order valence-corrected chi connectivity index (χ1v) is 6.34. The van der Waals surface area contributed by atoms with E-state index in [0.29, 0.717) is 0 Å². The van der Waals surface area contributed by atoms with Gasteiger partial charge in [-0.3, -0.25) is 0 Å². The molecule has 0 aromatic carbocycles. The third-order valence-electron chi connectivity index (χ3n) is 2.33. The van der Waals surface area contributed by atoms with Crippen molar-refractivity contribution in [3.05, 3.63) is 36.4 Å². The SMILES string of the molecule is CC(C)(C)c1cnn[c-]n1.CC(C)(C)c1n[c-]cnn1.[W].[W]. The van der Waals surface area contributed by atoms with Gasteiger partial charge in [0.05, 0.1) is 0 Å². The van der Waals surface area contributed by atoms with E-state index in [4.69, 9.17) is 0 Å². The van der Waals surface area contributed by atoms with Crippen LogP contribution in [0.25, 0.3) is 0 Å². The van der Waals surface area contributed by atoms with Crippen molar-refractivity contribution in [2.75, 3.05) is 0 Å². The molecule has 2 aromatic heterocycles. The molecular weight excluding hydrogens is 620 g/mol. The van der Waals surface area contributed by atoms with Gasteiger partial charge in [-0.2, -0.15) is 10.2 Å². The second-order valence-electron chi connectivity index (χ2n) is 6.35. The molecule has 6 nitrogen and oxygen atoms in total. The molecule has 0 aliphatic heterocycles. The van der Waals surface area contributed by atoms with Crippen LogP contribution in [-0.2, 0) is 53.0 Å². The molecular formula is C14H20N6W2-2. The molecule has 22 heavy (non-hydrogen) atoms. The number of hydrogen-bond donors (Lipinski definition) is 0. The quantitative estimate of drug-likeness (QED) is 0.411. The predicted molar refractivity (Wildman–Crippen MR) is 74.7 cm³/mol. The van der Waals surface area contributed by atoms with Crippen LogP contribution in [0.15, 0.2) is 12.4 Å². The van der Waals surface area contributed by atoms with E-state index in [1.807, 2.05) is 20.8 Å². The smallest absolute Gasteiger partial charge is 0.00176 e. The molecule has 0 aliphatic rings. The number of rotatable bonds is 0. The van der Waals surface area contributed by atoms with Gasteiger partial charge in [-0.15, -0.1) is 6.20 Å². The minimum absolute atomic E-state index is 0. The standard InChI is InChI=1S/2C7H10N3.2W/c1-7(2,3)6-4-9-10-5-8-6;1-7(2,3)6-8-4-5-9-10-6;;/h4H,1-3H3;5H,1-3H3;;/q2*-1;;. The molecule has 0 amide bonds. The van der Waals surface area contributed by atoms with Gasteiger partial charge < -0.3 is 9.97 Å². The van der Waals surface area contributed by atoms with Crippen LogP contribution in [0, 0.1) is 12.5 Å². The molecule has 0 saturated heterocycles. The van der Waals surface area contributed by atoms with Crippen LogP contribution in [0.4, 0.5) is 0 Å². The Kier molecular flexibility index (Phi) is 11.0. The van der Waals surface area contributed by atoms with Crippen LogP contribution >= 0.6 is 0 Å². The molecule has 0 radical (unpaired) electrons. The summed E-state index contributed by atoms with van der Waals surface area (Å²) in [6.45, 7) is 12.3. The van der Waals surface area contributed by atoms with Crippen molar-refractivity contribution >= 4 is 0 Å². The van der Waals surface area contributed by atoms with Crippen molar-refractivity contribution in [1.29, 1.82) is 0 Å². The Morgan fingerprint density at radius 2 is 1.50 bits per heavy atom. The zero-order chi connectivity index (χ0) is 15.2. The third-order valence-corrected chi connectivity index (χ3v) is 2.33. The molecule has 0 N–H and O–H groups in total. The molecule has 2 heterocycles. The van der Waals surface area contributed by atoms with Crippen LogP contribution in [-0.4, -0.2) is 30.4 Å². The third kappa shape index (κ3) is 8.75. The Morgan fingerprint density at radius 3 is 1.77 bits per heavy atom. The van der Waals surface area contributed by atoms with Crippen molar-refractivity contribution in [3.8, 4) is 0 Å². The van der Waals surface area contributed by atoms with Crippen molar-refractivity contribution in [3.63, 3.8) is 0 Å². The average Bonchev–Trinajstić information content (AvgIpc) is 2.40. The van der Waals surface area contributed by atoms with Crippen LogP contribution < -0.4 is 0 Å². The van der Waals surface area contributed by atoms with E-state index >= 15 is 0 Å². The van der Waals surface area contributed by atoms with E-state index in [1.165, 1.54) is 6.20 Å². The van der Waals surface area contributed by atoms with Crippen molar-refractivity contribution in [2.45, 2.75) is 52.4 Å². The van der Waals surface area contributed by atoms with Gasteiger partial charge in [0, 0.05) is 48.0 Å². The molecule has 0 aliphatic carbocycles. The Balaban J connectivity index is 0. The summed E-state index contributed by atoms with van der Waals surface area (Å²) in [5.74, 6) is 0.731. The Morgan fingerprint density at radius 1 is 0.864 bits per heavy atom. The molecule has 8 heteroatoms. The zero-order valence-corrected chi connectivity index (χ0v) is 19.5. The Bertz CT molecular complexity index is 459. The van der Waals surface area contributed by atoms with E-state index in [-0.39, 0.29) is 53.0 Å². The number of aromatic nitrogens is 6. The molecule has 0 fully saturated rings. The van der Waals surface area contributed by atoms with Crippen LogP contribution in [0.3, 0.4) is 0 Å². The van der Waals surface area contributed by atoms with Gasteiger partial charge in [0.1, 0.15) is 0 Å². The first kappa shape index (κ1) is 23.7. The topological polar surface area (TPSA) is 77.3 Å². The zero-order valence-electron chi connectivity index (χ0n) is 13.7. The van der Waals surface area contributed by atoms with Crippen LogP contribution in [0.5, 0.6) is 0 Å². The molecule has 0 saturated carbocycles. The van der Waals surface area contributed by atoms with Crippen molar-refractivity contribution in [2.24, 2.45) is 0 Å². The Hall–Kier alpha value is -0.603. The maximum atomic E-state index is 3.95. The summed E-state index contributed by atoms with van der Waals surface area (Å²) in [4.78, 5) is 7.90. The fourth-order valence-electron chi connectivity index (χ4n) is 1.12. The average molecular weight is 640 g/mol. The Labute approximate surface area is 160 Å². The summed E-state index contributed by atoms with van der Waals surface area (Å²) in [5.41, 5.74) is 0.944. The molecule has 2 rings (SSSR count). The van der Waals surface area contributed by atoms with E-state index in [9.17, 15) is 0 Å². The van der Waals surface area contributed by atoms with Crippen molar-refractivity contribution < 1.29 is 42.1 Å². The van der Waals surface area contributed by atoms with Crippen LogP contribution in [0.2, 0.25) is 0 Å². The normalized spacial score (nSPS) is 10.5. The summed E-state index contributed by atoms with van der Waals surface area (Å²) in [6, 6.07) is 0. The molecule has 120 valence electrons. The summed E-state index contributed by atoms with van der Waals surface area (Å²) in [6.07, 6.45) is 8.22. The second-order valence-corrected chi connectivity index (χ2v) is 6.35. The monoisotopic (exact) mass is 640 g/mol. The fourth-order valence-corrected chi connectivity index (χ4v) is 1.12. The summed E-state index contributed by atoms with van der Waals surface area (Å²) >= 11 is 0. The van der Waals surface area contributed by atoms with E-state index in [1.54, 1.807) is 6.20 Å². The van der Waals surface area contributed by atoms with Gasteiger partial charge in [0.25, 0.3) is 0 Å². The second kappa shape index (κ2) is 10.2. The number of hydrogen-bond acceptors (Lipinski definition) is 6. The first-order valence-electron chi connectivity index (χ1n) is 6.34. The van der Waals surface area contributed by atoms with E-state index in [0.717, 1.165) is 11.5 Å². The summed E-state index contributed by atoms with van der Waals surface area (Å²) in [7, 11) is 0. The molecule has 0 bridgehead atoms. The van der Waals surface area contributed by atoms with Crippen molar-refractivity contribution in [1.82, 2.24) is 30.4 Å². The van der Waals surface area contributed by atoms with E-state index in [2.05, 4.69) is 63.7 Å². The maximum absolute atomic E-state index is 3.95. The molecule has 0 atom stereocenters. The minimum Gasteiger partial charge on any atom is -0.436 e. The van der Waals surface area contributed by atoms with Gasteiger partial charge >= 0.3 is 0 Å². The fraction of sp³-hybridized carbons (Fsp3) is 0.571. The summed E-state index contributed by atoms with van der Waals surface area (Å²) < 4.78 is 0. The first-order chi connectivity index (χ1) is 9.21. The van der Waals surface area contributed by atoms with Gasteiger partial charge in [-0.25, -0.2) is 10.2 Å². The molecule has 2 aromatic rings. The van der Waals surface area contributed by atoms with Crippen LogP contribution in [0.1, 0.15) is 53.1 Å². The van der Waals surface area contributed by atoms with Gasteiger partial charge in [-0.1, -0.05) is 52.7 Å². The summed E-state index contributed by atoms with van der Waals surface area (Å²) in [5, 5.41) is 14.7. The number of nitrogens with zero attached hydrogens (tertiary/aromatic N) is 6. The van der Waals surface area contributed by atoms with Gasteiger partial charge in [0.15, 0.2) is 0 Å². The van der Waals surface area contributed by atoms with E-state index < -0.39 is 0 Å². The van der Waals surface area contributed by atoms with Gasteiger partial charge in [0.2, 0.25) is 0 Å².